The first-order valence-corrected chi connectivity index (χ1v) is 9.32. The summed E-state index contributed by atoms with van der Waals surface area (Å²) in [5.41, 5.74) is 1.80. The number of nitrogens with zero attached hydrogens (tertiary/aromatic N) is 2. The van der Waals surface area contributed by atoms with E-state index in [0.717, 1.165) is 5.56 Å². The molecule has 0 fully saturated rings. The van der Waals surface area contributed by atoms with Gasteiger partial charge in [0.15, 0.2) is 0 Å². The number of hydrogen-bond donors (Lipinski definition) is 1. The zero-order chi connectivity index (χ0) is 19.9. The van der Waals surface area contributed by atoms with Crippen LogP contribution in [0.1, 0.15) is 0 Å². The van der Waals surface area contributed by atoms with Crippen LogP contribution in [0.4, 0.5) is 10.1 Å². The van der Waals surface area contributed by atoms with E-state index in [2.05, 4.69) is 15.5 Å². The smallest absolute Gasteiger partial charge is 0.234 e. The molecule has 0 radical (unpaired) electrons. The summed E-state index contributed by atoms with van der Waals surface area (Å²) in [5.74, 6) is 0.818. The van der Waals surface area contributed by atoms with Gasteiger partial charge in [-0.15, -0.1) is 10.2 Å². The van der Waals surface area contributed by atoms with E-state index in [1.807, 2.05) is 6.07 Å². The standard InChI is InChI=1S/C20H18FN3O3S/c1-26-15-6-8-18(27-2)16(11-15)17-7-9-20(24-23-17)28-12-19(25)22-14-5-3-4-13(21)10-14/h3-11H,12H2,1-2H3,(H,22,25). The molecule has 8 heteroatoms. The highest BCUT2D eigenvalue weighted by molar-refractivity contribution is 7.99. The summed E-state index contributed by atoms with van der Waals surface area (Å²) in [6, 6.07) is 14.8. The molecule has 0 atom stereocenters. The SMILES string of the molecule is COc1ccc(OC)c(-c2ccc(SCC(=O)Nc3cccc(F)c3)nn2)c1. The molecule has 2 aromatic carbocycles. The van der Waals surface area contributed by atoms with E-state index in [-0.39, 0.29) is 11.7 Å². The first-order valence-electron chi connectivity index (χ1n) is 8.33. The van der Waals surface area contributed by atoms with Crippen molar-refractivity contribution >= 4 is 23.4 Å². The molecule has 3 rings (SSSR count). The van der Waals surface area contributed by atoms with Gasteiger partial charge in [0.1, 0.15) is 22.3 Å². The van der Waals surface area contributed by atoms with Crippen molar-refractivity contribution in [1.29, 1.82) is 0 Å². The number of halogens is 1. The average Bonchev–Trinajstić information content (AvgIpc) is 2.72. The number of methoxy groups -OCH3 is 2. The number of ether oxygens (including phenoxy) is 2. The van der Waals surface area contributed by atoms with Crippen LogP contribution in [0, 0.1) is 5.82 Å². The molecule has 28 heavy (non-hydrogen) atoms. The second kappa shape index (κ2) is 9.18. The van der Waals surface area contributed by atoms with Crippen LogP contribution in [-0.4, -0.2) is 36.1 Å². The highest BCUT2D eigenvalue weighted by Gasteiger charge is 2.11. The van der Waals surface area contributed by atoms with Crippen molar-refractivity contribution < 1.29 is 18.7 Å². The molecular weight excluding hydrogens is 381 g/mol. The molecule has 3 aromatic rings. The Balaban J connectivity index is 1.64. The van der Waals surface area contributed by atoms with Gasteiger partial charge in [0.2, 0.25) is 5.91 Å². The van der Waals surface area contributed by atoms with Crippen LogP contribution >= 0.6 is 11.8 Å². The van der Waals surface area contributed by atoms with Gasteiger partial charge in [-0.3, -0.25) is 4.79 Å². The highest BCUT2D eigenvalue weighted by Crippen LogP contribution is 2.32. The maximum absolute atomic E-state index is 13.2. The Morgan fingerprint density at radius 3 is 2.61 bits per heavy atom. The van der Waals surface area contributed by atoms with E-state index in [9.17, 15) is 9.18 Å². The van der Waals surface area contributed by atoms with Crippen molar-refractivity contribution in [3.63, 3.8) is 0 Å². The lowest BCUT2D eigenvalue weighted by atomic mass is 10.1. The Labute approximate surface area is 166 Å². The molecule has 1 aromatic heterocycles. The second-order valence-electron chi connectivity index (χ2n) is 5.67. The highest BCUT2D eigenvalue weighted by atomic mass is 32.2. The van der Waals surface area contributed by atoms with Gasteiger partial charge < -0.3 is 14.8 Å². The number of benzene rings is 2. The molecule has 1 amide bonds. The zero-order valence-corrected chi connectivity index (χ0v) is 16.1. The third-order valence-electron chi connectivity index (χ3n) is 3.78. The number of amides is 1. The Kier molecular flexibility index (Phi) is 6.44. The minimum absolute atomic E-state index is 0.132. The predicted molar refractivity (Wildman–Crippen MR) is 106 cm³/mol. The Morgan fingerprint density at radius 2 is 1.93 bits per heavy atom. The number of aromatic nitrogens is 2. The van der Waals surface area contributed by atoms with E-state index in [4.69, 9.17) is 9.47 Å². The Hall–Kier alpha value is -3.13. The second-order valence-corrected chi connectivity index (χ2v) is 6.67. The van der Waals surface area contributed by atoms with Gasteiger partial charge in [0.05, 0.1) is 25.7 Å². The van der Waals surface area contributed by atoms with Gasteiger partial charge in [-0.25, -0.2) is 4.39 Å². The number of thioether (sulfide) groups is 1. The van der Waals surface area contributed by atoms with Gasteiger partial charge >= 0.3 is 0 Å². The van der Waals surface area contributed by atoms with E-state index in [0.29, 0.717) is 27.9 Å². The summed E-state index contributed by atoms with van der Waals surface area (Å²) < 4.78 is 23.8. The van der Waals surface area contributed by atoms with Crippen LogP contribution in [0.3, 0.4) is 0 Å². The van der Waals surface area contributed by atoms with Crippen LogP contribution in [0.25, 0.3) is 11.3 Å². The van der Waals surface area contributed by atoms with Crippen molar-refractivity contribution in [1.82, 2.24) is 10.2 Å². The maximum atomic E-state index is 13.2. The van der Waals surface area contributed by atoms with Gasteiger partial charge in [-0.1, -0.05) is 17.8 Å². The molecule has 1 heterocycles. The number of rotatable bonds is 7. The molecular formula is C20H18FN3O3S. The van der Waals surface area contributed by atoms with Gasteiger partial charge in [0, 0.05) is 11.3 Å². The summed E-state index contributed by atoms with van der Waals surface area (Å²) in [5, 5.41) is 11.6. The lowest BCUT2D eigenvalue weighted by Gasteiger charge is -2.10. The van der Waals surface area contributed by atoms with Crippen LogP contribution < -0.4 is 14.8 Å². The van der Waals surface area contributed by atoms with Crippen molar-refractivity contribution in [3.05, 3.63) is 60.4 Å². The van der Waals surface area contributed by atoms with E-state index >= 15 is 0 Å². The fourth-order valence-electron chi connectivity index (χ4n) is 2.46. The third-order valence-corrected chi connectivity index (χ3v) is 4.70. The van der Waals surface area contributed by atoms with E-state index in [1.165, 1.54) is 30.0 Å². The van der Waals surface area contributed by atoms with Crippen LogP contribution in [0.2, 0.25) is 0 Å². The van der Waals surface area contributed by atoms with Crippen molar-refractivity contribution in [2.75, 3.05) is 25.3 Å². The topological polar surface area (TPSA) is 73.3 Å². The minimum atomic E-state index is -0.403. The molecule has 0 aliphatic heterocycles. The Morgan fingerprint density at radius 1 is 1.07 bits per heavy atom. The van der Waals surface area contributed by atoms with Gasteiger partial charge in [-0.05, 0) is 48.5 Å². The summed E-state index contributed by atoms with van der Waals surface area (Å²) in [7, 11) is 3.17. The summed E-state index contributed by atoms with van der Waals surface area (Å²) in [6.45, 7) is 0. The Bertz CT molecular complexity index is 967. The number of hydrogen-bond acceptors (Lipinski definition) is 6. The average molecular weight is 399 g/mol. The molecule has 0 unspecified atom stereocenters. The van der Waals surface area contributed by atoms with E-state index < -0.39 is 5.82 Å². The quantitative estimate of drug-likeness (QED) is 0.605. The van der Waals surface area contributed by atoms with Gasteiger partial charge in [0.25, 0.3) is 0 Å². The van der Waals surface area contributed by atoms with Crippen molar-refractivity contribution in [2.24, 2.45) is 0 Å². The first-order chi connectivity index (χ1) is 13.6. The largest absolute Gasteiger partial charge is 0.497 e. The first kappa shape index (κ1) is 19.6. The molecule has 0 saturated carbocycles. The molecule has 1 N–H and O–H groups in total. The normalized spacial score (nSPS) is 10.4. The monoisotopic (exact) mass is 399 g/mol. The summed E-state index contributed by atoms with van der Waals surface area (Å²) >= 11 is 1.24. The number of carbonyl (C=O) groups is 1. The van der Waals surface area contributed by atoms with Crippen LogP contribution in [0.5, 0.6) is 11.5 Å². The third kappa shape index (κ3) is 4.98. The lowest BCUT2D eigenvalue weighted by Crippen LogP contribution is -2.14. The lowest BCUT2D eigenvalue weighted by molar-refractivity contribution is -0.113. The molecule has 6 nitrogen and oxygen atoms in total. The van der Waals surface area contributed by atoms with E-state index in [1.54, 1.807) is 44.6 Å². The van der Waals surface area contributed by atoms with Crippen LogP contribution in [0.15, 0.2) is 59.6 Å². The summed E-state index contributed by atoms with van der Waals surface area (Å²) in [4.78, 5) is 12.0. The zero-order valence-electron chi connectivity index (χ0n) is 15.3. The van der Waals surface area contributed by atoms with Crippen molar-refractivity contribution in [2.45, 2.75) is 5.03 Å². The van der Waals surface area contributed by atoms with Crippen molar-refractivity contribution in [3.8, 4) is 22.8 Å². The molecule has 0 aliphatic rings. The fraction of sp³-hybridized carbons (Fsp3) is 0.150. The molecule has 144 valence electrons. The molecule has 0 aliphatic carbocycles. The fourth-order valence-corrected chi connectivity index (χ4v) is 3.07. The predicted octanol–water partition coefficient (Wildman–Crippen LogP) is 4.03. The number of anilines is 1. The maximum Gasteiger partial charge on any atom is 0.234 e. The van der Waals surface area contributed by atoms with Gasteiger partial charge in [-0.2, -0.15) is 0 Å². The van der Waals surface area contributed by atoms with Crippen LogP contribution in [-0.2, 0) is 4.79 Å². The summed E-state index contributed by atoms with van der Waals surface area (Å²) in [6.07, 6.45) is 0. The molecule has 0 saturated heterocycles. The number of nitrogens with one attached hydrogen (secondary N) is 1. The molecule has 0 bridgehead atoms. The number of carbonyl (C=O) groups excluding carboxylic acids is 1. The minimum Gasteiger partial charge on any atom is -0.497 e. The molecule has 0 spiro atoms.